The molecule has 12 N–H and O–H groups in total. The van der Waals surface area contributed by atoms with E-state index < -0.39 is 124 Å². The standard InChI is InChI=1S/C91H163NO18/c1-3-5-7-9-11-13-15-17-19-21-23-25-27-29-31-33-35-36-37-38-39-41-43-45-47-49-51-53-55-57-59-61-63-65-67-69-79(97)92-74(75(96)68-66-64-62-60-58-56-54-52-50-48-46-44-42-40-34-32-30-28-26-24-22-20-18-16-14-12-10-8-6-4-2)73-105-89-85(103)82(100)87(77(71-94)107-89)110-91-86(104)83(101)88(78(72-95)108-91)109-90-84(102)81(99)80(98)76(70-93)106-90/h5,7,11,13,17,19,23,25,29,31,58,60,66,68,74-78,80-91,93-96,98-104H,3-4,6,8-10,12,14-16,18,20-22,24,26-28,30,32-57,59,61-65,67,69-73H2,1-2H3,(H,92,97)/b7-5-,13-11-,19-17-,25-23-,31-29-,60-58+,68-66+. The molecule has 19 nitrogen and oxygen atoms in total. The third-order valence-corrected chi connectivity index (χ3v) is 21.9. The molecule has 0 bridgehead atoms. The van der Waals surface area contributed by atoms with Gasteiger partial charge in [-0.1, -0.05) is 356 Å². The van der Waals surface area contributed by atoms with Crippen molar-refractivity contribution in [1.82, 2.24) is 5.32 Å². The lowest BCUT2D eigenvalue weighted by Gasteiger charge is -2.48. The second-order valence-electron chi connectivity index (χ2n) is 31.7. The molecule has 3 rings (SSSR count). The van der Waals surface area contributed by atoms with Crippen LogP contribution in [0.2, 0.25) is 0 Å². The highest BCUT2D eigenvalue weighted by molar-refractivity contribution is 5.76. The van der Waals surface area contributed by atoms with Gasteiger partial charge in [-0.3, -0.25) is 4.79 Å². The number of nitrogens with one attached hydrogen (secondary N) is 1. The molecular weight excluding hydrogens is 1390 g/mol. The number of carbonyl (C=O) groups is 1. The predicted octanol–water partition coefficient (Wildman–Crippen LogP) is 16.9. The van der Waals surface area contributed by atoms with Crippen molar-refractivity contribution in [3.05, 3.63) is 85.1 Å². The Bertz CT molecular complexity index is 2310. The summed E-state index contributed by atoms with van der Waals surface area (Å²) in [7, 11) is 0. The van der Waals surface area contributed by atoms with Crippen molar-refractivity contribution in [2.75, 3.05) is 26.4 Å². The molecule has 17 unspecified atom stereocenters. The fourth-order valence-corrected chi connectivity index (χ4v) is 14.8. The SMILES string of the molecule is CC/C=C\C/C=C\C/C=C\C/C=C\C/C=C\CCCCCCCCCCCCCCCCCCCCCC(=O)NC(COC1OC(CO)C(OC2OC(CO)C(OC3OC(CO)C(O)C(O)C3O)C(O)C2O)C(O)C1O)C(O)/C=C/CC/C=C/CCCCCCCCCCCCCCCCCCCCCCCCCC. The zero-order chi connectivity index (χ0) is 79.5. The maximum absolute atomic E-state index is 13.5. The van der Waals surface area contributed by atoms with Gasteiger partial charge in [-0.05, 0) is 77.0 Å². The van der Waals surface area contributed by atoms with Gasteiger partial charge in [0.15, 0.2) is 18.9 Å². The van der Waals surface area contributed by atoms with E-state index in [2.05, 4.69) is 92.1 Å². The van der Waals surface area contributed by atoms with Gasteiger partial charge in [0, 0.05) is 6.42 Å². The van der Waals surface area contributed by atoms with E-state index in [9.17, 15) is 61.0 Å². The largest absolute Gasteiger partial charge is 0.394 e. The van der Waals surface area contributed by atoms with E-state index in [1.165, 1.54) is 250 Å². The van der Waals surface area contributed by atoms with Gasteiger partial charge in [0.2, 0.25) is 5.91 Å². The maximum Gasteiger partial charge on any atom is 0.220 e. The Morgan fingerprint density at radius 3 is 1.02 bits per heavy atom. The number of aliphatic hydroxyl groups is 11. The van der Waals surface area contributed by atoms with Crippen LogP contribution >= 0.6 is 0 Å². The van der Waals surface area contributed by atoms with Gasteiger partial charge in [0.05, 0.1) is 38.6 Å². The van der Waals surface area contributed by atoms with Crippen LogP contribution in [0.3, 0.4) is 0 Å². The van der Waals surface area contributed by atoms with E-state index in [-0.39, 0.29) is 18.9 Å². The van der Waals surface area contributed by atoms with Crippen LogP contribution in [-0.4, -0.2) is 193 Å². The number of unbranched alkanes of at least 4 members (excludes halogenated alkanes) is 44. The Kier molecular flexibility index (Phi) is 64.6. The summed E-state index contributed by atoms with van der Waals surface area (Å²) in [5.74, 6) is -0.281. The first kappa shape index (κ1) is 101. The summed E-state index contributed by atoms with van der Waals surface area (Å²) in [5.41, 5.74) is 0. The molecule has 3 fully saturated rings. The molecule has 3 saturated heterocycles. The molecule has 110 heavy (non-hydrogen) atoms. The second kappa shape index (κ2) is 70.2. The van der Waals surface area contributed by atoms with Crippen LogP contribution in [0.25, 0.3) is 0 Å². The van der Waals surface area contributed by atoms with E-state index in [1.807, 2.05) is 6.08 Å². The summed E-state index contributed by atoms with van der Waals surface area (Å²) < 4.78 is 34.5. The molecule has 0 radical (unpaired) electrons. The minimum Gasteiger partial charge on any atom is -0.394 e. The van der Waals surface area contributed by atoms with Crippen LogP contribution in [0.15, 0.2) is 85.1 Å². The number of hydrogen-bond acceptors (Lipinski definition) is 18. The fourth-order valence-electron chi connectivity index (χ4n) is 14.8. The number of aliphatic hydroxyl groups excluding tert-OH is 11. The molecule has 0 aliphatic carbocycles. The quantitative estimate of drug-likeness (QED) is 0.0199. The number of rotatable bonds is 72. The average molecular weight is 1560 g/mol. The summed E-state index contributed by atoms with van der Waals surface area (Å²) >= 11 is 0. The molecule has 3 aliphatic heterocycles. The Morgan fingerprint density at radius 2 is 0.636 bits per heavy atom. The van der Waals surface area contributed by atoms with Crippen LogP contribution in [0.1, 0.15) is 354 Å². The summed E-state index contributed by atoms with van der Waals surface area (Å²) in [6.45, 7) is 1.65. The molecule has 0 aromatic heterocycles. The van der Waals surface area contributed by atoms with Gasteiger partial charge in [-0.15, -0.1) is 0 Å². The Morgan fingerprint density at radius 1 is 0.336 bits per heavy atom. The summed E-state index contributed by atoms with van der Waals surface area (Å²) in [6, 6.07) is -0.995. The zero-order valence-corrected chi connectivity index (χ0v) is 69.0. The van der Waals surface area contributed by atoms with Crippen molar-refractivity contribution in [3.63, 3.8) is 0 Å². The topological polar surface area (TPSA) is 307 Å². The predicted molar refractivity (Wildman–Crippen MR) is 443 cm³/mol. The Hall–Kier alpha value is -3.03. The van der Waals surface area contributed by atoms with Gasteiger partial charge >= 0.3 is 0 Å². The summed E-state index contributed by atoms with van der Waals surface area (Å²) in [6.07, 6.45) is 68.8. The van der Waals surface area contributed by atoms with Crippen LogP contribution < -0.4 is 5.32 Å². The third kappa shape index (κ3) is 48.5. The molecule has 3 heterocycles. The van der Waals surface area contributed by atoms with Crippen molar-refractivity contribution >= 4 is 5.91 Å². The highest BCUT2D eigenvalue weighted by Crippen LogP contribution is 2.33. The molecule has 0 spiro atoms. The van der Waals surface area contributed by atoms with E-state index in [0.29, 0.717) is 12.8 Å². The molecule has 0 aromatic rings. The number of carbonyl (C=O) groups excluding carboxylic acids is 1. The first-order chi connectivity index (χ1) is 53.8. The molecule has 0 saturated carbocycles. The van der Waals surface area contributed by atoms with Crippen molar-refractivity contribution in [1.29, 1.82) is 0 Å². The first-order valence-electron chi connectivity index (χ1n) is 44.8. The summed E-state index contributed by atoms with van der Waals surface area (Å²) in [5, 5.41) is 121. The Labute approximate surface area is 667 Å². The fraction of sp³-hybridized carbons (Fsp3) is 0.835. The highest BCUT2D eigenvalue weighted by Gasteiger charge is 2.54. The van der Waals surface area contributed by atoms with Crippen LogP contribution in [0.4, 0.5) is 0 Å². The lowest BCUT2D eigenvalue weighted by atomic mass is 9.96. The van der Waals surface area contributed by atoms with Crippen LogP contribution in [-0.2, 0) is 33.2 Å². The van der Waals surface area contributed by atoms with Crippen LogP contribution in [0, 0.1) is 0 Å². The normalized spacial score (nSPS) is 25.6. The molecule has 3 aliphatic rings. The summed E-state index contributed by atoms with van der Waals surface area (Å²) in [4.78, 5) is 13.5. The van der Waals surface area contributed by atoms with Crippen molar-refractivity contribution < 1.29 is 89.4 Å². The Balaban J connectivity index is 1.34. The number of allylic oxidation sites excluding steroid dienone is 13. The zero-order valence-electron chi connectivity index (χ0n) is 69.0. The third-order valence-electron chi connectivity index (χ3n) is 21.9. The van der Waals surface area contributed by atoms with Crippen molar-refractivity contribution in [2.24, 2.45) is 0 Å². The first-order valence-corrected chi connectivity index (χ1v) is 44.8. The van der Waals surface area contributed by atoms with Crippen molar-refractivity contribution in [3.8, 4) is 0 Å². The van der Waals surface area contributed by atoms with E-state index in [0.717, 1.165) is 70.6 Å². The minimum absolute atomic E-state index is 0.235. The maximum atomic E-state index is 13.5. The molecule has 1 amide bonds. The van der Waals surface area contributed by atoms with Gasteiger partial charge < -0.3 is 89.9 Å². The van der Waals surface area contributed by atoms with Gasteiger partial charge in [0.25, 0.3) is 0 Å². The second-order valence-corrected chi connectivity index (χ2v) is 31.7. The van der Waals surface area contributed by atoms with Crippen molar-refractivity contribution in [2.45, 2.75) is 458 Å². The van der Waals surface area contributed by atoms with Gasteiger partial charge in [-0.25, -0.2) is 0 Å². The van der Waals surface area contributed by atoms with E-state index in [4.69, 9.17) is 28.4 Å². The lowest BCUT2D eigenvalue weighted by molar-refractivity contribution is -0.379. The number of ether oxygens (including phenoxy) is 6. The van der Waals surface area contributed by atoms with Gasteiger partial charge in [0.1, 0.15) is 73.2 Å². The van der Waals surface area contributed by atoms with Gasteiger partial charge in [-0.2, -0.15) is 0 Å². The highest BCUT2D eigenvalue weighted by atomic mass is 16.8. The molecule has 0 aromatic carbocycles. The molecule has 19 heteroatoms. The smallest absolute Gasteiger partial charge is 0.220 e. The minimum atomic E-state index is -1.98. The monoisotopic (exact) mass is 1560 g/mol. The number of hydrogen-bond donors (Lipinski definition) is 12. The van der Waals surface area contributed by atoms with E-state index >= 15 is 0 Å². The molecule has 17 atom stereocenters. The average Bonchev–Trinajstić information content (AvgIpc) is 0.795. The number of amides is 1. The van der Waals surface area contributed by atoms with Crippen LogP contribution in [0.5, 0.6) is 0 Å². The van der Waals surface area contributed by atoms with E-state index in [1.54, 1.807) is 6.08 Å². The molecular formula is C91H163NO18. The lowest BCUT2D eigenvalue weighted by Crippen LogP contribution is -2.66. The molecule has 640 valence electrons.